The minimum absolute atomic E-state index is 0.178. The van der Waals surface area contributed by atoms with Crippen LogP contribution in [-0.2, 0) is 22.6 Å². The Morgan fingerprint density at radius 1 is 0.971 bits per heavy atom. The molecule has 1 N–H and O–H groups in total. The van der Waals surface area contributed by atoms with Crippen molar-refractivity contribution in [3.05, 3.63) is 47.0 Å². The highest BCUT2D eigenvalue weighted by atomic mass is 16.5. The fraction of sp³-hybridized carbons (Fsp3) is 0.710. The van der Waals surface area contributed by atoms with Gasteiger partial charge in [-0.1, -0.05) is 70.2 Å². The predicted molar refractivity (Wildman–Crippen MR) is 141 cm³/mol. The standard InChI is InChI=1S/C31H48O3/c1-4-5-6-8-24-10-12-26(13-11-24)27-14-16-28(17-15-27)29-19-18-25(9-7-20-32)30(21-29)22-34-31(33)23(2)3/h18-19,21,24,26-28,32H,2,4-17,20,22H2,1,3H3. The van der Waals surface area contributed by atoms with Crippen LogP contribution in [0.3, 0.4) is 0 Å². The highest BCUT2D eigenvalue weighted by Gasteiger charge is 2.31. The Kier molecular flexibility index (Phi) is 11.2. The second-order valence-corrected chi connectivity index (χ2v) is 11.1. The van der Waals surface area contributed by atoms with Crippen LogP contribution in [-0.4, -0.2) is 17.7 Å². The molecule has 0 unspecified atom stereocenters. The number of ether oxygens (including phenoxy) is 1. The number of rotatable bonds is 12. The van der Waals surface area contributed by atoms with Crippen LogP contribution in [0.1, 0.15) is 120 Å². The zero-order chi connectivity index (χ0) is 24.3. The van der Waals surface area contributed by atoms with E-state index < -0.39 is 0 Å². The quantitative estimate of drug-likeness (QED) is 0.193. The first-order chi connectivity index (χ1) is 16.5. The molecule has 2 aliphatic rings. The Morgan fingerprint density at radius 3 is 2.26 bits per heavy atom. The summed E-state index contributed by atoms with van der Waals surface area (Å²) in [5.74, 6) is 3.16. The van der Waals surface area contributed by atoms with Gasteiger partial charge in [0.05, 0.1) is 0 Å². The molecule has 2 aliphatic carbocycles. The Balaban J connectivity index is 1.53. The molecule has 3 nitrogen and oxygen atoms in total. The first kappa shape index (κ1) is 27.0. The van der Waals surface area contributed by atoms with Crippen LogP contribution in [0.5, 0.6) is 0 Å². The lowest BCUT2D eigenvalue weighted by atomic mass is 9.68. The van der Waals surface area contributed by atoms with Crippen LogP contribution in [0.4, 0.5) is 0 Å². The number of unbranched alkanes of at least 4 members (excludes halogenated alkanes) is 2. The van der Waals surface area contributed by atoms with E-state index in [1.807, 2.05) is 0 Å². The van der Waals surface area contributed by atoms with Crippen LogP contribution in [0.25, 0.3) is 0 Å². The van der Waals surface area contributed by atoms with Gasteiger partial charge in [0.25, 0.3) is 0 Å². The normalized spacial score (nSPS) is 25.1. The van der Waals surface area contributed by atoms with E-state index in [0.717, 1.165) is 36.2 Å². The van der Waals surface area contributed by atoms with Crippen molar-refractivity contribution in [1.29, 1.82) is 0 Å². The Bertz CT molecular complexity index is 767. The van der Waals surface area contributed by atoms with Gasteiger partial charge in [-0.2, -0.15) is 0 Å². The first-order valence-electron chi connectivity index (χ1n) is 14.1. The summed E-state index contributed by atoms with van der Waals surface area (Å²) in [6.07, 6.45) is 18.3. The van der Waals surface area contributed by atoms with Gasteiger partial charge in [-0.05, 0) is 98.7 Å². The summed E-state index contributed by atoms with van der Waals surface area (Å²) in [5.41, 5.74) is 4.09. The molecular weight excluding hydrogens is 420 g/mol. The molecule has 0 amide bonds. The maximum atomic E-state index is 11.9. The fourth-order valence-corrected chi connectivity index (χ4v) is 6.37. The van der Waals surface area contributed by atoms with E-state index in [1.54, 1.807) is 6.92 Å². The lowest BCUT2D eigenvalue weighted by Crippen LogP contribution is -2.25. The van der Waals surface area contributed by atoms with Crippen LogP contribution in [0.2, 0.25) is 0 Å². The molecule has 0 radical (unpaired) electrons. The predicted octanol–water partition coefficient (Wildman–Crippen LogP) is 7.89. The first-order valence-corrected chi connectivity index (χ1v) is 14.1. The summed E-state index contributed by atoms with van der Waals surface area (Å²) in [7, 11) is 0. The molecule has 0 atom stereocenters. The minimum atomic E-state index is -0.334. The van der Waals surface area contributed by atoms with Gasteiger partial charge in [-0.15, -0.1) is 0 Å². The summed E-state index contributed by atoms with van der Waals surface area (Å²) in [5, 5.41) is 9.27. The summed E-state index contributed by atoms with van der Waals surface area (Å²) < 4.78 is 5.49. The number of aliphatic hydroxyl groups excluding tert-OH is 1. The van der Waals surface area contributed by atoms with Gasteiger partial charge in [-0.3, -0.25) is 0 Å². The lowest BCUT2D eigenvalue weighted by molar-refractivity contribution is -0.140. The van der Waals surface area contributed by atoms with Crippen molar-refractivity contribution in [1.82, 2.24) is 0 Å². The second kappa shape index (κ2) is 14.1. The minimum Gasteiger partial charge on any atom is -0.457 e. The molecule has 34 heavy (non-hydrogen) atoms. The smallest absolute Gasteiger partial charge is 0.333 e. The molecule has 1 aromatic rings. The van der Waals surface area contributed by atoms with E-state index in [9.17, 15) is 9.90 Å². The zero-order valence-electron chi connectivity index (χ0n) is 21.8. The monoisotopic (exact) mass is 468 g/mol. The molecule has 0 saturated heterocycles. The molecule has 3 rings (SSSR count). The van der Waals surface area contributed by atoms with E-state index in [0.29, 0.717) is 11.5 Å². The third-order valence-electron chi connectivity index (χ3n) is 8.56. The lowest BCUT2D eigenvalue weighted by Gasteiger charge is -2.38. The summed E-state index contributed by atoms with van der Waals surface area (Å²) in [4.78, 5) is 11.9. The number of hydrogen-bond acceptors (Lipinski definition) is 3. The number of carbonyl (C=O) groups is 1. The van der Waals surface area contributed by atoms with Crippen molar-refractivity contribution < 1.29 is 14.6 Å². The number of benzene rings is 1. The summed E-state index contributed by atoms with van der Waals surface area (Å²) >= 11 is 0. The van der Waals surface area contributed by atoms with Crippen LogP contribution >= 0.6 is 0 Å². The third kappa shape index (κ3) is 7.97. The van der Waals surface area contributed by atoms with Gasteiger partial charge in [0.2, 0.25) is 0 Å². The summed E-state index contributed by atoms with van der Waals surface area (Å²) in [6, 6.07) is 6.75. The fourth-order valence-electron chi connectivity index (χ4n) is 6.37. The van der Waals surface area contributed by atoms with E-state index in [-0.39, 0.29) is 19.2 Å². The Labute approximate surface area is 208 Å². The molecule has 1 aromatic carbocycles. The molecule has 0 aromatic heterocycles. The molecular formula is C31H48O3. The summed E-state index contributed by atoms with van der Waals surface area (Å²) in [6.45, 7) is 8.14. The largest absolute Gasteiger partial charge is 0.457 e. The maximum absolute atomic E-state index is 11.9. The third-order valence-corrected chi connectivity index (χ3v) is 8.56. The van der Waals surface area contributed by atoms with Crippen molar-refractivity contribution in [2.24, 2.45) is 17.8 Å². The van der Waals surface area contributed by atoms with Gasteiger partial charge >= 0.3 is 5.97 Å². The van der Waals surface area contributed by atoms with Gasteiger partial charge in [-0.25, -0.2) is 4.79 Å². The molecule has 3 heteroatoms. The molecule has 2 fully saturated rings. The van der Waals surface area contributed by atoms with Crippen LogP contribution in [0, 0.1) is 17.8 Å². The number of hydrogen-bond donors (Lipinski definition) is 1. The highest BCUT2D eigenvalue weighted by molar-refractivity contribution is 5.86. The average molecular weight is 469 g/mol. The van der Waals surface area contributed by atoms with Gasteiger partial charge in [0.1, 0.15) is 6.61 Å². The maximum Gasteiger partial charge on any atom is 0.333 e. The molecule has 190 valence electrons. The van der Waals surface area contributed by atoms with E-state index in [2.05, 4.69) is 31.7 Å². The topological polar surface area (TPSA) is 46.5 Å². The van der Waals surface area contributed by atoms with E-state index >= 15 is 0 Å². The van der Waals surface area contributed by atoms with Crippen LogP contribution in [0.15, 0.2) is 30.4 Å². The highest BCUT2D eigenvalue weighted by Crippen LogP contribution is 2.44. The molecule has 0 bridgehead atoms. The van der Waals surface area contributed by atoms with E-state index in [4.69, 9.17) is 4.74 Å². The number of carbonyl (C=O) groups excluding carboxylic acids is 1. The molecule has 0 heterocycles. The number of aliphatic hydroxyl groups is 1. The molecule has 0 spiro atoms. The number of esters is 1. The van der Waals surface area contributed by atoms with Gasteiger partial charge in [0.15, 0.2) is 0 Å². The zero-order valence-corrected chi connectivity index (χ0v) is 21.8. The molecule has 0 aliphatic heterocycles. The Hall–Kier alpha value is -1.61. The van der Waals surface area contributed by atoms with Gasteiger partial charge < -0.3 is 9.84 Å². The second-order valence-electron chi connectivity index (χ2n) is 11.1. The van der Waals surface area contributed by atoms with Gasteiger partial charge in [0, 0.05) is 12.2 Å². The molecule has 2 saturated carbocycles. The van der Waals surface area contributed by atoms with Crippen LogP contribution < -0.4 is 0 Å². The van der Waals surface area contributed by atoms with Crippen molar-refractivity contribution in [2.75, 3.05) is 6.61 Å². The average Bonchev–Trinajstić information content (AvgIpc) is 2.87. The van der Waals surface area contributed by atoms with Crippen molar-refractivity contribution in [2.45, 2.75) is 116 Å². The van der Waals surface area contributed by atoms with Crippen molar-refractivity contribution in [3.63, 3.8) is 0 Å². The number of aryl methyl sites for hydroxylation is 1. The Morgan fingerprint density at radius 2 is 1.65 bits per heavy atom. The van der Waals surface area contributed by atoms with E-state index in [1.165, 1.54) is 88.2 Å². The van der Waals surface area contributed by atoms with Crippen molar-refractivity contribution >= 4 is 5.97 Å². The SMILES string of the molecule is C=C(C)C(=O)OCc1cc(C2CCC(C3CCC(CCCCC)CC3)CC2)ccc1CCCO. The van der Waals surface area contributed by atoms with Crippen molar-refractivity contribution in [3.8, 4) is 0 Å².